The van der Waals surface area contributed by atoms with Gasteiger partial charge in [-0.25, -0.2) is 4.79 Å². The molecule has 0 aliphatic heterocycles. The number of para-hydroxylation sites is 1. The average molecular weight is 273 g/mol. The molecule has 1 heterocycles. The Kier molecular flexibility index (Phi) is 2.76. The number of hydrogen-bond acceptors (Lipinski definition) is 2. The van der Waals surface area contributed by atoms with Crippen molar-refractivity contribution in [1.29, 1.82) is 0 Å². The lowest BCUT2D eigenvalue weighted by molar-refractivity contribution is 0.0666. The zero-order chi connectivity index (χ0) is 13.4. The second kappa shape index (κ2) is 4.44. The maximum Gasteiger partial charge on any atom is 0.372 e. The predicted molar refractivity (Wildman–Crippen MR) is 73.6 cm³/mol. The van der Waals surface area contributed by atoms with Crippen molar-refractivity contribution in [1.82, 2.24) is 0 Å². The molecule has 0 unspecified atom stereocenters. The van der Waals surface area contributed by atoms with Crippen LogP contribution in [0.15, 0.2) is 52.9 Å². The highest BCUT2D eigenvalue weighted by molar-refractivity contribution is 6.30. The molecule has 2 aromatic carbocycles. The molecule has 3 nitrogen and oxygen atoms in total. The van der Waals surface area contributed by atoms with E-state index in [1.165, 1.54) is 0 Å². The maximum atomic E-state index is 11.3. The van der Waals surface area contributed by atoms with Crippen LogP contribution in [-0.4, -0.2) is 11.1 Å². The highest BCUT2D eigenvalue weighted by Crippen LogP contribution is 2.35. The number of furan rings is 1. The van der Waals surface area contributed by atoms with Gasteiger partial charge in [-0.1, -0.05) is 41.9 Å². The summed E-state index contributed by atoms with van der Waals surface area (Å²) >= 11 is 5.85. The summed E-state index contributed by atoms with van der Waals surface area (Å²) < 4.78 is 5.41. The van der Waals surface area contributed by atoms with Crippen LogP contribution in [-0.2, 0) is 0 Å². The Bertz CT molecular complexity index is 757. The molecule has 0 bridgehead atoms. The summed E-state index contributed by atoms with van der Waals surface area (Å²) in [7, 11) is 0. The Morgan fingerprint density at radius 3 is 2.42 bits per heavy atom. The van der Waals surface area contributed by atoms with E-state index in [-0.39, 0.29) is 5.76 Å². The van der Waals surface area contributed by atoms with Gasteiger partial charge in [0, 0.05) is 16.0 Å². The maximum absolute atomic E-state index is 11.3. The minimum Gasteiger partial charge on any atom is -0.475 e. The van der Waals surface area contributed by atoms with Crippen molar-refractivity contribution >= 4 is 28.5 Å². The first-order chi connectivity index (χ1) is 9.16. The van der Waals surface area contributed by atoms with Crippen molar-refractivity contribution in [2.24, 2.45) is 0 Å². The van der Waals surface area contributed by atoms with Gasteiger partial charge in [0.05, 0.1) is 0 Å². The fourth-order valence-corrected chi connectivity index (χ4v) is 2.23. The van der Waals surface area contributed by atoms with Gasteiger partial charge in [0.15, 0.2) is 0 Å². The Morgan fingerprint density at radius 1 is 1.05 bits per heavy atom. The van der Waals surface area contributed by atoms with E-state index in [2.05, 4.69) is 0 Å². The fraction of sp³-hybridized carbons (Fsp3) is 0. The molecule has 94 valence electrons. The largest absolute Gasteiger partial charge is 0.475 e. The molecule has 4 heteroatoms. The quantitative estimate of drug-likeness (QED) is 0.750. The van der Waals surface area contributed by atoms with Crippen LogP contribution in [0.1, 0.15) is 10.6 Å². The number of hydrogen-bond donors (Lipinski definition) is 1. The summed E-state index contributed by atoms with van der Waals surface area (Å²) in [5, 5.41) is 10.6. The van der Waals surface area contributed by atoms with Crippen molar-refractivity contribution in [2.75, 3.05) is 0 Å². The van der Waals surface area contributed by atoms with E-state index < -0.39 is 5.97 Å². The molecule has 0 fully saturated rings. The third-order valence-electron chi connectivity index (χ3n) is 2.92. The summed E-state index contributed by atoms with van der Waals surface area (Å²) in [5.41, 5.74) is 1.91. The van der Waals surface area contributed by atoms with Gasteiger partial charge in [0.25, 0.3) is 0 Å². The molecular weight excluding hydrogens is 264 g/mol. The van der Waals surface area contributed by atoms with Crippen molar-refractivity contribution in [3.8, 4) is 11.1 Å². The normalized spacial score (nSPS) is 10.8. The zero-order valence-corrected chi connectivity index (χ0v) is 10.5. The van der Waals surface area contributed by atoms with Gasteiger partial charge in [-0.15, -0.1) is 0 Å². The zero-order valence-electron chi connectivity index (χ0n) is 9.76. The van der Waals surface area contributed by atoms with E-state index in [9.17, 15) is 9.90 Å². The summed E-state index contributed by atoms with van der Waals surface area (Å²) in [5.74, 6) is -1.13. The molecule has 19 heavy (non-hydrogen) atoms. The van der Waals surface area contributed by atoms with Gasteiger partial charge in [-0.05, 0) is 23.8 Å². The van der Waals surface area contributed by atoms with Crippen molar-refractivity contribution in [2.45, 2.75) is 0 Å². The minimum atomic E-state index is -1.08. The van der Waals surface area contributed by atoms with E-state index >= 15 is 0 Å². The molecule has 3 aromatic rings. The molecule has 0 amide bonds. The van der Waals surface area contributed by atoms with E-state index in [1.807, 2.05) is 18.2 Å². The number of rotatable bonds is 2. The van der Waals surface area contributed by atoms with Crippen LogP contribution in [0.2, 0.25) is 5.02 Å². The number of aromatic carboxylic acids is 1. The molecule has 0 spiro atoms. The Labute approximate surface area is 114 Å². The minimum absolute atomic E-state index is 0.0523. The van der Waals surface area contributed by atoms with Crippen molar-refractivity contribution in [3.05, 3.63) is 59.3 Å². The molecule has 0 saturated heterocycles. The number of carboxylic acid groups (broad SMARTS) is 1. The first-order valence-electron chi connectivity index (χ1n) is 5.67. The molecule has 0 radical (unpaired) electrons. The molecule has 0 saturated carbocycles. The molecule has 3 rings (SSSR count). The van der Waals surface area contributed by atoms with Gasteiger partial charge in [0.1, 0.15) is 5.58 Å². The lowest BCUT2D eigenvalue weighted by Crippen LogP contribution is -1.95. The number of carbonyl (C=O) groups is 1. The monoisotopic (exact) mass is 272 g/mol. The van der Waals surface area contributed by atoms with Crippen LogP contribution >= 0.6 is 11.6 Å². The van der Waals surface area contributed by atoms with Crippen LogP contribution in [0.5, 0.6) is 0 Å². The Balaban J connectivity index is 2.34. The molecule has 0 atom stereocenters. The van der Waals surface area contributed by atoms with Gasteiger partial charge >= 0.3 is 5.97 Å². The van der Waals surface area contributed by atoms with Crippen LogP contribution in [0.3, 0.4) is 0 Å². The second-order valence-electron chi connectivity index (χ2n) is 4.11. The number of carboxylic acids is 1. The van der Waals surface area contributed by atoms with Crippen LogP contribution in [0.25, 0.3) is 22.1 Å². The van der Waals surface area contributed by atoms with Gasteiger partial charge in [-0.2, -0.15) is 0 Å². The van der Waals surface area contributed by atoms with Crippen molar-refractivity contribution in [3.63, 3.8) is 0 Å². The Morgan fingerprint density at radius 2 is 1.74 bits per heavy atom. The number of fused-ring (bicyclic) bond motifs is 1. The SMILES string of the molecule is O=C(O)c1oc2ccccc2c1-c1ccc(Cl)cc1. The predicted octanol–water partition coefficient (Wildman–Crippen LogP) is 4.45. The first kappa shape index (κ1) is 11.8. The lowest BCUT2D eigenvalue weighted by atomic mass is 10.0. The van der Waals surface area contributed by atoms with Gasteiger partial charge < -0.3 is 9.52 Å². The molecule has 0 aliphatic carbocycles. The second-order valence-corrected chi connectivity index (χ2v) is 4.55. The fourth-order valence-electron chi connectivity index (χ4n) is 2.10. The number of halogens is 1. The molecule has 0 aliphatic rings. The van der Waals surface area contributed by atoms with E-state index in [1.54, 1.807) is 30.3 Å². The lowest BCUT2D eigenvalue weighted by Gasteiger charge is -2.00. The highest BCUT2D eigenvalue weighted by atomic mass is 35.5. The molecular formula is C15H9ClO3. The Hall–Kier alpha value is -2.26. The van der Waals surface area contributed by atoms with Crippen LogP contribution in [0.4, 0.5) is 0 Å². The number of benzene rings is 2. The van der Waals surface area contributed by atoms with Crippen LogP contribution < -0.4 is 0 Å². The van der Waals surface area contributed by atoms with E-state index in [0.717, 1.165) is 10.9 Å². The smallest absolute Gasteiger partial charge is 0.372 e. The van der Waals surface area contributed by atoms with Gasteiger partial charge in [0.2, 0.25) is 5.76 Å². The van der Waals surface area contributed by atoms with E-state index in [4.69, 9.17) is 16.0 Å². The topological polar surface area (TPSA) is 50.4 Å². The van der Waals surface area contributed by atoms with Gasteiger partial charge in [-0.3, -0.25) is 0 Å². The van der Waals surface area contributed by atoms with Crippen molar-refractivity contribution < 1.29 is 14.3 Å². The molecule has 1 N–H and O–H groups in total. The third kappa shape index (κ3) is 1.98. The first-order valence-corrected chi connectivity index (χ1v) is 6.05. The summed E-state index contributed by atoms with van der Waals surface area (Å²) in [4.78, 5) is 11.3. The summed E-state index contributed by atoms with van der Waals surface area (Å²) in [6.07, 6.45) is 0. The molecule has 1 aromatic heterocycles. The van der Waals surface area contributed by atoms with E-state index in [0.29, 0.717) is 16.2 Å². The average Bonchev–Trinajstić information content (AvgIpc) is 2.79. The summed E-state index contributed by atoms with van der Waals surface area (Å²) in [6.45, 7) is 0. The van der Waals surface area contributed by atoms with Crippen LogP contribution in [0, 0.1) is 0 Å². The highest BCUT2D eigenvalue weighted by Gasteiger charge is 2.20. The third-order valence-corrected chi connectivity index (χ3v) is 3.17. The standard InChI is InChI=1S/C15H9ClO3/c16-10-7-5-9(6-8-10)13-11-3-1-2-4-12(11)19-14(13)15(17)18/h1-8H,(H,17,18). The summed E-state index contributed by atoms with van der Waals surface area (Å²) in [6, 6.07) is 14.3.